The van der Waals surface area contributed by atoms with E-state index in [-0.39, 0.29) is 74.3 Å². The first kappa shape index (κ1) is 61.5. The Morgan fingerprint density at radius 1 is 0.865 bits per heavy atom. The van der Waals surface area contributed by atoms with Crippen LogP contribution in [-0.4, -0.2) is 152 Å². The third-order valence-corrected chi connectivity index (χ3v) is 16.7. The minimum atomic E-state index is -2.44. The molecular weight excluding hydrogens is 947 g/mol. The second kappa shape index (κ2) is 30.0. The Morgan fingerprint density at radius 3 is 2.34 bits per heavy atom. The predicted octanol–water partition coefficient (Wildman–Crippen LogP) is 7.98. The number of esters is 1. The highest BCUT2D eigenvalue weighted by Gasteiger charge is 2.53. The number of carbonyl (C=O) groups is 4. The van der Waals surface area contributed by atoms with Crippen molar-refractivity contribution in [2.24, 2.45) is 41.4 Å². The van der Waals surface area contributed by atoms with Crippen LogP contribution in [0.3, 0.4) is 0 Å². The number of aliphatic hydroxyl groups is 3. The monoisotopic (exact) mass is 1040 g/mol. The zero-order valence-electron chi connectivity index (χ0n) is 46.3. The van der Waals surface area contributed by atoms with E-state index in [1.54, 1.807) is 41.1 Å². The van der Waals surface area contributed by atoms with Crippen molar-refractivity contribution < 1.29 is 67.7 Å². The molecule has 4 aliphatic heterocycles. The fourth-order valence-corrected chi connectivity index (χ4v) is 11.7. The molecule has 5 rings (SSSR count). The molecule has 0 radical (unpaired) electrons. The van der Waals surface area contributed by atoms with Crippen molar-refractivity contribution in [3.8, 4) is 0 Å². The van der Waals surface area contributed by atoms with Crippen molar-refractivity contribution in [1.82, 2.24) is 4.90 Å². The van der Waals surface area contributed by atoms with Gasteiger partial charge >= 0.3 is 5.97 Å². The van der Waals surface area contributed by atoms with Gasteiger partial charge in [-0.2, -0.15) is 0 Å². The number of rotatable bonds is 12. The minimum Gasteiger partial charge on any atom is -0.460 e. The summed E-state index contributed by atoms with van der Waals surface area (Å²) in [5.74, 6) is -6.46. The lowest BCUT2D eigenvalue weighted by Gasteiger charge is -2.43. The quantitative estimate of drug-likeness (QED) is 0.0967. The second-order valence-corrected chi connectivity index (χ2v) is 22.5. The SMILES string of the molecule is C=C1C(C)C[C@H](C)/C=C/C=C/C=C(\C)C(OCCC2CCOC2)CC2CCC(C)C(O)(O2)C(=O)C(=O)N2CCCCC2C(=O)OC(C(C)CC2CCC(OCCO)C(OC)C2)CC(=O)C(C)/C=C(\C)C(O)C1OC. The van der Waals surface area contributed by atoms with Gasteiger partial charge in [0.1, 0.15) is 30.1 Å². The van der Waals surface area contributed by atoms with Crippen molar-refractivity contribution >= 4 is 23.4 Å². The summed E-state index contributed by atoms with van der Waals surface area (Å²) in [7, 11) is 3.19. The van der Waals surface area contributed by atoms with E-state index in [1.165, 1.54) is 4.90 Å². The van der Waals surface area contributed by atoms with Gasteiger partial charge in [-0.15, -0.1) is 0 Å². The molecule has 0 aromatic heterocycles. The van der Waals surface area contributed by atoms with Gasteiger partial charge in [0.05, 0.1) is 37.6 Å². The van der Waals surface area contributed by atoms with Crippen molar-refractivity contribution in [3.63, 3.8) is 0 Å². The summed E-state index contributed by atoms with van der Waals surface area (Å²) in [5, 5.41) is 33.3. The molecule has 1 amide bonds. The van der Waals surface area contributed by atoms with E-state index in [4.69, 9.17) is 33.2 Å². The maximum absolute atomic E-state index is 14.6. The first-order chi connectivity index (χ1) is 35.3. The van der Waals surface area contributed by atoms with Crippen molar-refractivity contribution in [2.75, 3.05) is 53.8 Å². The van der Waals surface area contributed by atoms with E-state index in [9.17, 15) is 34.5 Å². The van der Waals surface area contributed by atoms with E-state index in [0.29, 0.717) is 76.1 Å². The second-order valence-electron chi connectivity index (χ2n) is 22.5. The third-order valence-electron chi connectivity index (χ3n) is 16.7. The van der Waals surface area contributed by atoms with Crippen LogP contribution in [0.5, 0.6) is 0 Å². The molecule has 0 spiro atoms. The zero-order chi connectivity index (χ0) is 54.1. The van der Waals surface area contributed by atoms with Gasteiger partial charge in [-0.05, 0) is 137 Å². The van der Waals surface area contributed by atoms with Gasteiger partial charge in [0.25, 0.3) is 11.7 Å². The molecule has 15 unspecified atom stereocenters. The molecule has 5 aliphatic rings. The standard InChI is InChI=1S/C59H93NO14/c1-37-16-12-11-13-17-38(2)51(71-28-24-45-23-27-70-36-45)34-47-21-19-43(7)59(67,74-47)56(64)57(65)60-25-15-14-18-48(60)58(66)73-52(41(5)32-46-20-22-50(72-29-26-61)53(33-46)68-9)35-49(62)40(4)31-42(6)54(63)55(69-10)44(8)39(3)30-37/h11-13,16-17,31,37,39-41,43,45-48,50-55,61,63,67H,8,14-15,18-30,32-36H2,1-7,9-10H3/b13-11+,16-12+,38-17+,42-31+/t37-,39?,40?,41?,43?,45?,46?,47?,48?,50?,51?,52?,53?,54?,55?,59?/m1/s1. The van der Waals surface area contributed by atoms with Crippen molar-refractivity contribution in [2.45, 2.75) is 193 Å². The fourth-order valence-electron chi connectivity index (χ4n) is 11.7. The largest absolute Gasteiger partial charge is 0.460 e. The number of fused-ring (bicyclic) bond motifs is 3. The number of piperidine rings is 1. The molecule has 0 aromatic rings. The third kappa shape index (κ3) is 17.1. The number of allylic oxidation sites excluding steroid dienone is 6. The molecular formula is C59H93NO14. The Bertz CT molecular complexity index is 1960. The lowest BCUT2D eigenvalue weighted by Crippen LogP contribution is -2.61. The average molecular weight is 1040 g/mol. The summed E-state index contributed by atoms with van der Waals surface area (Å²) < 4.78 is 42.5. The highest BCUT2D eigenvalue weighted by atomic mass is 16.6. The maximum Gasteiger partial charge on any atom is 0.329 e. The highest BCUT2D eigenvalue weighted by molar-refractivity contribution is 6.39. The Hall–Kier alpha value is -3.38. The molecule has 74 heavy (non-hydrogen) atoms. The van der Waals surface area contributed by atoms with Crippen LogP contribution < -0.4 is 0 Å². The van der Waals surface area contributed by atoms with Crippen molar-refractivity contribution in [3.05, 3.63) is 59.8 Å². The van der Waals surface area contributed by atoms with E-state index >= 15 is 0 Å². The normalized spacial score (nSPS) is 39.0. The summed E-state index contributed by atoms with van der Waals surface area (Å²) in [6.07, 6.45) is 15.6. The lowest BCUT2D eigenvalue weighted by atomic mass is 9.78. The summed E-state index contributed by atoms with van der Waals surface area (Å²) in [4.78, 5) is 59.2. The van der Waals surface area contributed by atoms with Gasteiger partial charge in [-0.25, -0.2) is 4.79 Å². The van der Waals surface area contributed by atoms with Crippen LogP contribution in [-0.2, 0) is 52.3 Å². The molecule has 15 heteroatoms. The molecule has 1 saturated carbocycles. The number of methoxy groups -OCH3 is 2. The average Bonchev–Trinajstić information content (AvgIpc) is 3.91. The summed E-state index contributed by atoms with van der Waals surface area (Å²) in [5.41, 5.74) is 2.23. The molecule has 3 saturated heterocycles. The number of Topliss-reactive ketones (excluding diaryl/α,β-unsaturated/α-hetero) is 2. The van der Waals surface area contributed by atoms with Crippen LogP contribution in [0.25, 0.3) is 0 Å². The minimum absolute atomic E-state index is 0.00971. The summed E-state index contributed by atoms with van der Waals surface area (Å²) >= 11 is 0. The van der Waals surface area contributed by atoms with E-state index < -0.39 is 71.8 Å². The van der Waals surface area contributed by atoms with Crippen LogP contribution >= 0.6 is 0 Å². The molecule has 0 aromatic carbocycles. The number of carbonyl (C=O) groups excluding carboxylic acids is 4. The first-order valence-corrected chi connectivity index (χ1v) is 27.8. The Labute approximate surface area is 442 Å². The first-order valence-electron chi connectivity index (χ1n) is 27.8. The summed E-state index contributed by atoms with van der Waals surface area (Å²) in [6, 6.07) is -1.13. The topological polar surface area (TPSA) is 197 Å². The van der Waals surface area contributed by atoms with E-state index in [0.717, 1.165) is 43.4 Å². The smallest absolute Gasteiger partial charge is 0.329 e. The van der Waals surface area contributed by atoms with Gasteiger partial charge in [-0.3, -0.25) is 14.4 Å². The van der Waals surface area contributed by atoms with E-state index in [1.807, 2.05) is 38.2 Å². The number of hydrogen-bond acceptors (Lipinski definition) is 14. The number of aliphatic hydroxyl groups excluding tert-OH is 2. The maximum atomic E-state index is 14.6. The molecule has 16 atom stereocenters. The van der Waals surface area contributed by atoms with Crippen LogP contribution in [0, 0.1) is 41.4 Å². The molecule has 2 bridgehead atoms. The number of cyclic esters (lactones) is 1. The molecule has 4 heterocycles. The Balaban J connectivity index is 1.46. The lowest BCUT2D eigenvalue weighted by molar-refractivity contribution is -0.266. The molecule has 1 aliphatic carbocycles. The number of ketones is 2. The fraction of sp³-hybridized carbons (Fsp3) is 0.763. The van der Waals surface area contributed by atoms with Gasteiger partial charge in [-0.1, -0.05) is 77.7 Å². The van der Waals surface area contributed by atoms with E-state index in [2.05, 4.69) is 26.5 Å². The number of nitrogens with zero attached hydrogens (tertiary/aromatic N) is 1. The van der Waals surface area contributed by atoms with Gasteiger partial charge in [0, 0.05) is 65.3 Å². The van der Waals surface area contributed by atoms with Gasteiger partial charge in [0.15, 0.2) is 0 Å². The highest BCUT2D eigenvalue weighted by Crippen LogP contribution is 2.38. The molecule has 15 nitrogen and oxygen atoms in total. The van der Waals surface area contributed by atoms with Crippen molar-refractivity contribution in [1.29, 1.82) is 0 Å². The molecule has 4 fully saturated rings. The number of hydrogen-bond donors (Lipinski definition) is 3. The summed E-state index contributed by atoms with van der Waals surface area (Å²) in [6.45, 7) is 19.9. The number of ether oxygens (including phenoxy) is 7. The van der Waals surface area contributed by atoms with Crippen LogP contribution in [0.1, 0.15) is 138 Å². The Kier molecular flexibility index (Phi) is 24.9. The van der Waals surface area contributed by atoms with Gasteiger partial charge < -0.3 is 53.4 Å². The zero-order valence-corrected chi connectivity index (χ0v) is 46.3. The molecule has 418 valence electrons. The van der Waals surface area contributed by atoms with Crippen LogP contribution in [0.4, 0.5) is 0 Å². The number of amides is 1. The van der Waals surface area contributed by atoms with Crippen LogP contribution in [0.2, 0.25) is 0 Å². The Morgan fingerprint density at radius 2 is 1.64 bits per heavy atom. The van der Waals surface area contributed by atoms with Crippen LogP contribution in [0.15, 0.2) is 59.8 Å². The van der Waals surface area contributed by atoms with Gasteiger partial charge in [0.2, 0.25) is 5.79 Å². The molecule has 3 N–H and O–H groups in total. The predicted molar refractivity (Wildman–Crippen MR) is 283 cm³/mol.